The second-order valence-electron chi connectivity index (χ2n) is 4.40. The van der Waals surface area contributed by atoms with Crippen LogP contribution >= 0.6 is 0 Å². The lowest BCUT2D eigenvalue weighted by Gasteiger charge is -2.14. The van der Waals surface area contributed by atoms with Gasteiger partial charge < -0.3 is 21.5 Å². The summed E-state index contributed by atoms with van der Waals surface area (Å²) in [5, 5.41) is 18.0. The molecule has 2 rings (SSSR count). The third-order valence-corrected chi connectivity index (χ3v) is 2.79. The molecule has 0 saturated heterocycles. The predicted molar refractivity (Wildman–Crippen MR) is 76.6 cm³/mol. The van der Waals surface area contributed by atoms with Crippen molar-refractivity contribution in [1.29, 1.82) is 0 Å². The summed E-state index contributed by atoms with van der Waals surface area (Å²) >= 11 is 0. The van der Waals surface area contributed by atoms with E-state index in [1.165, 1.54) is 17.1 Å². The molecule has 8 nitrogen and oxygen atoms in total. The molecule has 0 aliphatic rings. The van der Waals surface area contributed by atoms with Gasteiger partial charge in [0.15, 0.2) is 6.04 Å². The molecule has 5 N–H and O–H groups in total. The molecule has 2 aromatic rings. The first-order valence-electron chi connectivity index (χ1n) is 6.10. The van der Waals surface area contributed by atoms with Crippen LogP contribution in [-0.4, -0.2) is 26.9 Å². The predicted octanol–water partition coefficient (Wildman–Crippen LogP) is 0.950. The summed E-state index contributed by atoms with van der Waals surface area (Å²) in [5.41, 5.74) is 6.88. The van der Waals surface area contributed by atoms with Gasteiger partial charge in [-0.3, -0.25) is 4.68 Å². The first-order valence-corrected chi connectivity index (χ1v) is 6.10. The average Bonchev–Trinajstić information content (AvgIpc) is 2.85. The molecule has 0 aliphatic carbocycles. The summed E-state index contributed by atoms with van der Waals surface area (Å²) in [5.74, 6) is -1.18. The molecular formula is C13H15N5O3. The Morgan fingerprint density at radius 2 is 2.10 bits per heavy atom. The van der Waals surface area contributed by atoms with Gasteiger partial charge in [0, 0.05) is 18.8 Å². The van der Waals surface area contributed by atoms with Crippen LogP contribution < -0.4 is 16.4 Å². The van der Waals surface area contributed by atoms with E-state index in [-0.39, 0.29) is 0 Å². The van der Waals surface area contributed by atoms with Crippen molar-refractivity contribution in [3.63, 3.8) is 0 Å². The van der Waals surface area contributed by atoms with E-state index in [0.717, 1.165) is 0 Å². The Kier molecular flexibility index (Phi) is 4.07. The number of hydrogen-bond acceptors (Lipinski definition) is 4. The number of amides is 2. The maximum Gasteiger partial charge on any atom is 0.331 e. The molecule has 0 spiro atoms. The van der Waals surface area contributed by atoms with Gasteiger partial charge in [-0.05, 0) is 12.1 Å². The number of carboxylic acid groups (broad SMARTS) is 1. The van der Waals surface area contributed by atoms with Crippen LogP contribution in [0.25, 0.3) is 0 Å². The Morgan fingerprint density at radius 1 is 1.38 bits per heavy atom. The minimum absolute atomic E-state index is 0.376. The smallest absolute Gasteiger partial charge is 0.331 e. The number of carbonyl (C=O) groups is 2. The van der Waals surface area contributed by atoms with Gasteiger partial charge in [0.25, 0.3) is 0 Å². The number of benzene rings is 1. The lowest BCUT2D eigenvalue weighted by atomic mass is 10.1. The number of anilines is 2. The molecule has 1 atom stereocenters. The van der Waals surface area contributed by atoms with Gasteiger partial charge in [-0.25, -0.2) is 9.59 Å². The number of para-hydroxylation sites is 2. The molecule has 0 radical (unpaired) electrons. The summed E-state index contributed by atoms with van der Waals surface area (Å²) < 4.78 is 1.46. The van der Waals surface area contributed by atoms with Crippen molar-refractivity contribution in [1.82, 2.24) is 15.1 Å². The molecule has 1 unspecified atom stereocenters. The third kappa shape index (κ3) is 3.50. The topological polar surface area (TPSA) is 122 Å². The van der Waals surface area contributed by atoms with Gasteiger partial charge >= 0.3 is 12.0 Å². The molecule has 110 valence electrons. The first-order chi connectivity index (χ1) is 9.97. The number of aliphatic carboxylic acids is 1. The second kappa shape index (κ2) is 5.95. The Morgan fingerprint density at radius 3 is 2.67 bits per heavy atom. The van der Waals surface area contributed by atoms with Crippen molar-refractivity contribution in [2.75, 3.05) is 11.1 Å². The number of aromatic nitrogens is 2. The van der Waals surface area contributed by atoms with Crippen LogP contribution in [0.15, 0.2) is 36.7 Å². The molecule has 0 saturated carbocycles. The van der Waals surface area contributed by atoms with Crippen molar-refractivity contribution in [3.05, 3.63) is 42.2 Å². The fraction of sp³-hybridized carbons (Fsp3) is 0.154. The average molecular weight is 289 g/mol. The van der Waals surface area contributed by atoms with Crippen LogP contribution in [0.2, 0.25) is 0 Å². The zero-order valence-corrected chi connectivity index (χ0v) is 11.3. The Balaban J connectivity index is 2.09. The number of carbonyl (C=O) groups excluding carboxylic acids is 1. The van der Waals surface area contributed by atoms with Crippen LogP contribution in [-0.2, 0) is 11.8 Å². The van der Waals surface area contributed by atoms with E-state index >= 15 is 0 Å². The van der Waals surface area contributed by atoms with Crippen LogP contribution in [0.3, 0.4) is 0 Å². The van der Waals surface area contributed by atoms with Crippen molar-refractivity contribution >= 4 is 23.4 Å². The molecule has 1 heterocycles. The molecule has 8 heteroatoms. The van der Waals surface area contributed by atoms with E-state index in [9.17, 15) is 14.7 Å². The highest BCUT2D eigenvalue weighted by Crippen LogP contribution is 2.17. The monoisotopic (exact) mass is 289 g/mol. The summed E-state index contributed by atoms with van der Waals surface area (Å²) in [6.45, 7) is 0. The van der Waals surface area contributed by atoms with E-state index in [1.54, 1.807) is 31.3 Å². The zero-order valence-electron chi connectivity index (χ0n) is 11.3. The van der Waals surface area contributed by atoms with Gasteiger partial charge in [-0.1, -0.05) is 12.1 Å². The van der Waals surface area contributed by atoms with Crippen LogP contribution in [0.1, 0.15) is 11.6 Å². The van der Waals surface area contributed by atoms with Crippen LogP contribution in [0.5, 0.6) is 0 Å². The van der Waals surface area contributed by atoms with Gasteiger partial charge in [0.05, 0.1) is 17.6 Å². The van der Waals surface area contributed by atoms with Gasteiger partial charge in [0.1, 0.15) is 0 Å². The highest BCUT2D eigenvalue weighted by Gasteiger charge is 2.23. The molecule has 0 aliphatic heterocycles. The SMILES string of the molecule is Cn1cc(C(NC(=O)Nc2ccccc2N)C(=O)O)cn1. The van der Waals surface area contributed by atoms with Gasteiger partial charge in [-0.2, -0.15) is 5.10 Å². The van der Waals surface area contributed by atoms with Crippen molar-refractivity contribution in [2.45, 2.75) is 6.04 Å². The minimum atomic E-state index is -1.19. The van der Waals surface area contributed by atoms with E-state index in [1.807, 2.05) is 0 Å². The Labute approximate surface area is 120 Å². The quantitative estimate of drug-likeness (QED) is 0.624. The number of nitrogens with two attached hydrogens (primary N) is 1. The Bertz CT molecular complexity index is 667. The largest absolute Gasteiger partial charge is 0.479 e. The molecule has 21 heavy (non-hydrogen) atoms. The number of nitrogens with zero attached hydrogens (tertiary/aromatic N) is 2. The first kappa shape index (κ1) is 14.4. The van der Waals surface area contributed by atoms with Crippen LogP contribution in [0, 0.1) is 0 Å². The summed E-state index contributed by atoms with van der Waals surface area (Å²) in [4.78, 5) is 23.2. The number of nitrogens with one attached hydrogen (secondary N) is 2. The van der Waals surface area contributed by atoms with Gasteiger partial charge in [0.2, 0.25) is 0 Å². The molecule has 0 bridgehead atoms. The van der Waals surface area contributed by atoms with E-state index in [0.29, 0.717) is 16.9 Å². The second-order valence-corrected chi connectivity index (χ2v) is 4.40. The number of nitrogen functional groups attached to an aromatic ring is 1. The van der Waals surface area contributed by atoms with Gasteiger partial charge in [-0.15, -0.1) is 0 Å². The van der Waals surface area contributed by atoms with E-state index in [4.69, 9.17) is 5.73 Å². The maximum atomic E-state index is 11.9. The lowest BCUT2D eigenvalue weighted by molar-refractivity contribution is -0.139. The summed E-state index contributed by atoms with van der Waals surface area (Å²) in [6, 6.07) is 4.84. The number of hydrogen-bond donors (Lipinski definition) is 4. The molecule has 2 amide bonds. The summed E-state index contributed by atoms with van der Waals surface area (Å²) in [6.07, 6.45) is 2.91. The fourth-order valence-corrected chi connectivity index (χ4v) is 1.78. The zero-order chi connectivity index (χ0) is 15.4. The highest BCUT2D eigenvalue weighted by molar-refractivity contribution is 5.94. The van der Waals surface area contributed by atoms with Crippen molar-refractivity contribution in [2.24, 2.45) is 7.05 Å². The number of carboxylic acids is 1. The minimum Gasteiger partial charge on any atom is -0.479 e. The highest BCUT2D eigenvalue weighted by atomic mass is 16.4. The number of aryl methyl sites for hydroxylation is 1. The normalized spacial score (nSPS) is 11.7. The number of rotatable bonds is 4. The van der Waals surface area contributed by atoms with E-state index < -0.39 is 18.0 Å². The third-order valence-electron chi connectivity index (χ3n) is 2.79. The van der Waals surface area contributed by atoms with Crippen LogP contribution in [0.4, 0.5) is 16.2 Å². The molecule has 1 aromatic carbocycles. The Hall–Kier alpha value is -3.03. The number of urea groups is 1. The standard InChI is InChI=1S/C13H15N5O3/c1-18-7-8(6-15-18)11(12(19)20)17-13(21)16-10-5-3-2-4-9(10)14/h2-7,11H,14H2,1H3,(H,19,20)(H2,16,17,21). The summed E-state index contributed by atoms with van der Waals surface area (Å²) in [7, 11) is 1.66. The maximum absolute atomic E-state index is 11.9. The van der Waals surface area contributed by atoms with Crippen molar-refractivity contribution in [3.8, 4) is 0 Å². The fourth-order valence-electron chi connectivity index (χ4n) is 1.78. The van der Waals surface area contributed by atoms with E-state index in [2.05, 4.69) is 15.7 Å². The van der Waals surface area contributed by atoms with Crippen molar-refractivity contribution < 1.29 is 14.7 Å². The molecule has 0 fully saturated rings. The molecule has 1 aromatic heterocycles. The lowest BCUT2D eigenvalue weighted by Crippen LogP contribution is -2.36. The molecular weight excluding hydrogens is 274 g/mol.